The van der Waals surface area contributed by atoms with Crippen molar-refractivity contribution in [1.29, 1.82) is 0 Å². The minimum absolute atomic E-state index is 0.0226. The SMILES string of the molecule is NNc1ncc(Br)cc1S(=O)(=O)Nc1ccsc1. The lowest BCUT2D eigenvalue weighted by Gasteiger charge is -2.10. The molecule has 0 fully saturated rings. The van der Waals surface area contributed by atoms with Gasteiger partial charge in [-0.3, -0.25) is 4.72 Å². The highest BCUT2D eigenvalue weighted by atomic mass is 79.9. The number of hydrogen-bond acceptors (Lipinski definition) is 6. The molecular formula is C9H9BrN4O2S2. The van der Waals surface area contributed by atoms with Crippen LogP contribution in [0.3, 0.4) is 0 Å². The first-order chi connectivity index (χ1) is 8.53. The van der Waals surface area contributed by atoms with E-state index in [9.17, 15) is 8.42 Å². The van der Waals surface area contributed by atoms with Crippen LogP contribution in [0.5, 0.6) is 0 Å². The largest absolute Gasteiger partial charge is 0.307 e. The zero-order valence-electron chi connectivity index (χ0n) is 8.92. The van der Waals surface area contributed by atoms with Gasteiger partial charge in [-0.15, -0.1) is 0 Å². The van der Waals surface area contributed by atoms with E-state index in [1.807, 2.05) is 0 Å². The number of anilines is 2. The van der Waals surface area contributed by atoms with Crippen LogP contribution in [-0.2, 0) is 10.0 Å². The van der Waals surface area contributed by atoms with Crippen LogP contribution < -0.4 is 16.0 Å². The normalized spacial score (nSPS) is 11.2. The van der Waals surface area contributed by atoms with E-state index in [2.05, 4.69) is 31.1 Å². The third-order valence-corrected chi connectivity index (χ3v) is 4.53. The molecule has 0 saturated carbocycles. The molecule has 4 N–H and O–H groups in total. The van der Waals surface area contributed by atoms with Crippen LogP contribution in [0.15, 0.2) is 38.5 Å². The number of halogens is 1. The Hall–Kier alpha value is -1.16. The molecule has 2 aromatic rings. The van der Waals surface area contributed by atoms with Crippen LogP contribution in [0.1, 0.15) is 0 Å². The van der Waals surface area contributed by atoms with Crippen molar-refractivity contribution in [3.05, 3.63) is 33.6 Å². The standard InChI is InChI=1S/C9H9BrN4O2S2/c10-6-3-8(9(13-11)12-4-6)18(15,16)14-7-1-2-17-5-7/h1-5,14H,11H2,(H,12,13). The monoisotopic (exact) mass is 348 g/mol. The maximum absolute atomic E-state index is 12.2. The zero-order valence-corrected chi connectivity index (χ0v) is 12.1. The van der Waals surface area contributed by atoms with Crippen LogP contribution in [0.4, 0.5) is 11.5 Å². The number of aromatic nitrogens is 1. The third kappa shape index (κ3) is 2.80. The quantitative estimate of drug-likeness (QED) is 0.579. The summed E-state index contributed by atoms with van der Waals surface area (Å²) in [5, 5.41) is 3.47. The van der Waals surface area contributed by atoms with Gasteiger partial charge in [-0.1, -0.05) is 0 Å². The van der Waals surface area contributed by atoms with Gasteiger partial charge in [0.25, 0.3) is 10.0 Å². The van der Waals surface area contributed by atoms with Crippen LogP contribution in [0.2, 0.25) is 0 Å². The Morgan fingerprint density at radius 3 is 2.83 bits per heavy atom. The van der Waals surface area contributed by atoms with E-state index in [1.54, 1.807) is 16.8 Å². The number of nitrogens with zero attached hydrogens (tertiary/aromatic N) is 1. The minimum Gasteiger partial charge on any atom is -0.307 e. The molecule has 0 spiro atoms. The Kier molecular flexibility index (Phi) is 3.85. The molecule has 0 aromatic carbocycles. The van der Waals surface area contributed by atoms with Crippen molar-refractivity contribution in [2.45, 2.75) is 4.90 Å². The number of sulfonamides is 1. The maximum atomic E-state index is 12.2. The third-order valence-electron chi connectivity index (χ3n) is 2.02. The number of hydrazine groups is 1. The lowest BCUT2D eigenvalue weighted by molar-refractivity contribution is 0.601. The van der Waals surface area contributed by atoms with Crippen molar-refractivity contribution in [1.82, 2.24) is 4.98 Å². The highest BCUT2D eigenvalue weighted by Gasteiger charge is 2.20. The zero-order chi connectivity index (χ0) is 13.2. The number of pyridine rings is 1. The average molecular weight is 349 g/mol. The smallest absolute Gasteiger partial charge is 0.265 e. The predicted molar refractivity (Wildman–Crippen MR) is 74.9 cm³/mol. The molecule has 0 aliphatic carbocycles. The molecule has 9 heteroatoms. The fourth-order valence-electron chi connectivity index (χ4n) is 1.27. The first kappa shape index (κ1) is 13.3. The fraction of sp³-hybridized carbons (Fsp3) is 0. The lowest BCUT2D eigenvalue weighted by Crippen LogP contribution is -2.18. The molecule has 0 aliphatic rings. The Labute approximate surface area is 116 Å². The molecule has 2 heterocycles. The maximum Gasteiger partial charge on any atom is 0.265 e. The van der Waals surface area contributed by atoms with Gasteiger partial charge in [-0.2, -0.15) is 11.3 Å². The minimum atomic E-state index is -3.73. The summed E-state index contributed by atoms with van der Waals surface area (Å²) in [5.74, 6) is 5.34. The summed E-state index contributed by atoms with van der Waals surface area (Å²) in [4.78, 5) is 3.87. The van der Waals surface area contributed by atoms with Crippen molar-refractivity contribution in [2.24, 2.45) is 5.84 Å². The molecule has 96 valence electrons. The molecule has 0 unspecified atom stereocenters. The summed E-state index contributed by atoms with van der Waals surface area (Å²) in [5.41, 5.74) is 2.76. The molecule has 18 heavy (non-hydrogen) atoms. The first-order valence-corrected chi connectivity index (χ1v) is 7.92. The second-order valence-corrected chi connectivity index (χ2v) is 6.61. The number of rotatable bonds is 4. The van der Waals surface area contributed by atoms with Crippen molar-refractivity contribution in [3.63, 3.8) is 0 Å². The van der Waals surface area contributed by atoms with Crippen molar-refractivity contribution >= 4 is 48.8 Å². The van der Waals surface area contributed by atoms with E-state index in [4.69, 9.17) is 5.84 Å². The van der Waals surface area contributed by atoms with Crippen LogP contribution in [-0.4, -0.2) is 13.4 Å². The number of hydrogen-bond donors (Lipinski definition) is 3. The Bertz CT molecular complexity index is 643. The second kappa shape index (κ2) is 5.22. The number of nitrogens with two attached hydrogens (primary N) is 1. The van der Waals surface area contributed by atoms with Crippen LogP contribution >= 0.6 is 27.3 Å². The molecule has 6 nitrogen and oxygen atoms in total. The summed E-state index contributed by atoms with van der Waals surface area (Å²) in [6.07, 6.45) is 1.46. The second-order valence-electron chi connectivity index (χ2n) is 3.26. The predicted octanol–water partition coefficient (Wildman–Crippen LogP) is 1.99. The van der Waals surface area contributed by atoms with E-state index >= 15 is 0 Å². The molecule has 0 aliphatic heterocycles. The molecule has 0 bridgehead atoms. The van der Waals surface area contributed by atoms with Gasteiger partial charge in [0.2, 0.25) is 0 Å². The molecule has 0 amide bonds. The molecule has 0 saturated heterocycles. The highest BCUT2D eigenvalue weighted by Crippen LogP contribution is 2.25. The molecule has 0 atom stereocenters. The number of thiophene rings is 1. The van der Waals surface area contributed by atoms with Gasteiger partial charge >= 0.3 is 0 Å². The average Bonchev–Trinajstić information content (AvgIpc) is 2.81. The summed E-state index contributed by atoms with van der Waals surface area (Å²) < 4.78 is 27.3. The van der Waals surface area contributed by atoms with Crippen molar-refractivity contribution in [3.8, 4) is 0 Å². The number of nitrogens with one attached hydrogen (secondary N) is 2. The van der Waals surface area contributed by atoms with Gasteiger partial charge in [0.15, 0.2) is 5.82 Å². The Morgan fingerprint density at radius 2 is 2.22 bits per heavy atom. The summed E-state index contributed by atoms with van der Waals surface area (Å²) >= 11 is 4.57. The van der Waals surface area contributed by atoms with E-state index in [0.717, 1.165) is 0 Å². The first-order valence-electron chi connectivity index (χ1n) is 4.70. The highest BCUT2D eigenvalue weighted by molar-refractivity contribution is 9.10. The summed E-state index contributed by atoms with van der Waals surface area (Å²) in [6.45, 7) is 0. The van der Waals surface area contributed by atoms with E-state index < -0.39 is 10.0 Å². The van der Waals surface area contributed by atoms with Crippen LogP contribution in [0, 0.1) is 0 Å². The van der Waals surface area contributed by atoms with E-state index in [-0.39, 0.29) is 10.7 Å². The van der Waals surface area contributed by atoms with E-state index in [1.165, 1.54) is 23.6 Å². The summed E-state index contributed by atoms with van der Waals surface area (Å²) in [7, 11) is -3.73. The lowest BCUT2D eigenvalue weighted by atomic mass is 10.5. The fourth-order valence-corrected chi connectivity index (χ4v) is 3.61. The molecular weight excluding hydrogens is 340 g/mol. The van der Waals surface area contributed by atoms with Gasteiger partial charge in [-0.25, -0.2) is 19.2 Å². The van der Waals surface area contributed by atoms with Gasteiger partial charge in [-0.05, 0) is 33.4 Å². The summed E-state index contributed by atoms with van der Waals surface area (Å²) in [6, 6.07) is 3.10. The van der Waals surface area contributed by atoms with Gasteiger partial charge in [0, 0.05) is 16.0 Å². The van der Waals surface area contributed by atoms with Crippen molar-refractivity contribution < 1.29 is 8.42 Å². The topological polar surface area (TPSA) is 97.1 Å². The van der Waals surface area contributed by atoms with Crippen LogP contribution in [0.25, 0.3) is 0 Å². The molecule has 2 rings (SSSR count). The molecule has 0 radical (unpaired) electrons. The molecule has 2 aromatic heterocycles. The van der Waals surface area contributed by atoms with Gasteiger partial charge in [0.1, 0.15) is 4.90 Å². The van der Waals surface area contributed by atoms with Gasteiger partial charge in [0.05, 0.1) is 5.69 Å². The van der Waals surface area contributed by atoms with Crippen molar-refractivity contribution in [2.75, 3.05) is 10.1 Å². The Morgan fingerprint density at radius 1 is 1.44 bits per heavy atom. The Balaban J connectivity index is 2.43. The van der Waals surface area contributed by atoms with E-state index in [0.29, 0.717) is 10.2 Å². The van der Waals surface area contributed by atoms with Gasteiger partial charge < -0.3 is 5.43 Å². The number of nitrogen functional groups attached to an aromatic ring is 1.